The number of fused-ring (bicyclic) bond motifs is 1. The van der Waals surface area contributed by atoms with Gasteiger partial charge in [0.15, 0.2) is 5.78 Å². The van der Waals surface area contributed by atoms with Crippen LogP contribution in [0.3, 0.4) is 0 Å². The molecule has 0 unspecified atom stereocenters. The van der Waals surface area contributed by atoms with Crippen molar-refractivity contribution < 1.29 is 19.4 Å². The molecule has 25 heavy (non-hydrogen) atoms. The Morgan fingerprint density at radius 2 is 2.00 bits per heavy atom. The number of benzene rings is 1. The van der Waals surface area contributed by atoms with E-state index >= 15 is 0 Å². The van der Waals surface area contributed by atoms with E-state index in [9.17, 15) is 9.59 Å². The number of carbonyl (C=O) groups is 2. The van der Waals surface area contributed by atoms with E-state index in [-0.39, 0.29) is 18.0 Å². The minimum atomic E-state index is -1.02. The number of ketones is 1. The Morgan fingerprint density at radius 1 is 1.24 bits per heavy atom. The van der Waals surface area contributed by atoms with Crippen molar-refractivity contribution in [1.82, 2.24) is 19.6 Å². The number of ether oxygens (including phenoxy) is 1. The maximum Gasteiger partial charge on any atom is 0.325 e. The van der Waals surface area contributed by atoms with Crippen molar-refractivity contribution in [2.45, 2.75) is 27.0 Å². The average molecular weight is 342 g/mol. The van der Waals surface area contributed by atoms with E-state index in [1.54, 1.807) is 22.9 Å². The number of aliphatic carboxylic acids is 1. The molecule has 3 rings (SSSR count). The molecule has 8 heteroatoms. The number of carboxylic acids is 1. The highest BCUT2D eigenvalue weighted by Gasteiger charge is 2.16. The van der Waals surface area contributed by atoms with Crippen molar-refractivity contribution in [3.8, 4) is 5.75 Å². The van der Waals surface area contributed by atoms with Crippen LogP contribution in [0.2, 0.25) is 0 Å². The minimum absolute atomic E-state index is 0.230. The van der Waals surface area contributed by atoms with Crippen molar-refractivity contribution in [2.24, 2.45) is 7.05 Å². The standard InChI is InChI=1S/C17H18N4O4/c1-10-6-12(18-20(10)3)9-25-13-4-5-15-14(7-13)17(11(2)22)19-21(15)8-16(23)24/h4-7H,8-9H2,1-3H3,(H,23,24). The Balaban J connectivity index is 1.91. The number of nitrogens with zero attached hydrogens (tertiary/aromatic N) is 4. The van der Waals surface area contributed by atoms with Gasteiger partial charge in [0.05, 0.1) is 5.52 Å². The number of hydrogen-bond donors (Lipinski definition) is 1. The summed E-state index contributed by atoms with van der Waals surface area (Å²) in [6.45, 7) is 3.35. The Morgan fingerprint density at radius 3 is 2.60 bits per heavy atom. The van der Waals surface area contributed by atoms with Gasteiger partial charge in [0.2, 0.25) is 0 Å². The topological polar surface area (TPSA) is 99.2 Å². The lowest BCUT2D eigenvalue weighted by Crippen LogP contribution is -2.10. The van der Waals surface area contributed by atoms with Crippen LogP contribution < -0.4 is 4.74 Å². The third-order valence-electron chi connectivity index (χ3n) is 3.89. The summed E-state index contributed by atoms with van der Waals surface area (Å²) in [5.74, 6) is -0.690. The molecule has 0 radical (unpaired) electrons. The fourth-order valence-corrected chi connectivity index (χ4v) is 2.62. The molecular weight excluding hydrogens is 324 g/mol. The summed E-state index contributed by atoms with van der Waals surface area (Å²) in [5, 5.41) is 18.0. The van der Waals surface area contributed by atoms with E-state index < -0.39 is 5.97 Å². The fraction of sp³-hybridized carbons (Fsp3) is 0.294. The van der Waals surface area contributed by atoms with E-state index in [0.717, 1.165) is 11.4 Å². The highest BCUT2D eigenvalue weighted by atomic mass is 16.5. The number of hydrogen-bond acceptors (Lipinski definition) is 5. The van der Waals surface area contributed by atoms with E-state index in [1.807, 2.05) is 20.0 Å². The van der Waals surface area contributed by atoms with Crippen LogP contribution in [0.5, 0.6) is 5.75 Å². The lowest BCUT2D eigenvalue weighted by atomic mass is 10.1. The number of carboxylic acid groups (broad SMARTS) is 1. The summed E-state index contributed by atoms with van der Waals surface area (Å²) in [6, 6.07) is 7.07. The first-order chi connectivity index (χ1) is 11.8. The zero-order valence-electron chi connectivity index (χ0n) is 14.2. The van der Waals surface area contributed by atoms with Gasteiger partial charge in [-0.3, -0.25) is 19.0 Å². The van der Waals surface area contributed by atoms with E-state index in [0.29, 0.717) is 23.3 Å². The molecule has 0 saturated heterocycles. The molecule has 3 aromatic rings. The smallest absolute Gasteiger partial charge is 0.325 e. The van der Waals surface area contributed by atoms with Crippen LogP contribution in [-0.4, -0.2) is 36.4 Å². The van der Waals surface area contributed by atoms with Gasteiger partial charge < -0.3 is 9.84 Å². The Kier molecular flexibility index (Phi) is 4.26. The zero-order valence-corrected chi connectivity index (χ0v) is 14.2. The third-order valence-corrected chi connectivity index (χ3v) is 3.89. The predicted molar refractivity (Wildman–Crippen MR) is 89.7 cm³/mol. The van der Waals surface area contributed by atoms with Crippen LogP contribution in [0.15, 0.2) is 24.3 Å². The highest BCUT2D eigenvalue weighted by molar-refractivity contribution is 6.05. The van der Waals surface area contributed by atoms with E-state index in [2.05, 4.69) is 10.2 Å². The van der Waals surface area contributed by atoms with Crippen LogP contribution in [0.1, 0.15) is 28.8 Å². The van der Waals surface area contributed by atoms with Gasteiger partial charge >= 0.3 is 5.97 Å². The maximum absolute atomic E-state index is 11.8. The van der Waals surface area contributed by atoms with Gasteiger partial charge in [-0.2, -0.15) is 10.2 Å². The van der Waals surface area contributed by atoms with Crippen molar-refractivity contribution in [3.63, 3.8) is 0 Å². The molecule has 130 valence electrons. The van der Waals surface area contributed by atoms with Crippen LogP contribution in [0.25, 0.3) is 10.9 Å². The average Bonchev–Trinajstić information content (AvgIpc) is 3.05. The second kappa shape index (κ2) is 6.39. The van der Waals surface area contributed by atoms with Crippen LogP contribution in [-0.2, 0) is 25.0 Å². The minimum Gasteiger partial charge on any atom is -0.487 e. The first-order valence-corrected chi connectivity index (χ1v) is 7.71. The van der Waals surface area contributed by atoms with Crippen LogP contribution in [0, 0.1) is 6.92 Å². The molecular formula is C17H18N4O4. The monoisotopic (exact) mass is 342 g/mol. The lowest BCUT2D eigenvalue weighted by Gasteiger charge is -2.05. The molecule has 1 N–H and O–H groups in total. The molecule has 0 amide bonds. The normalized spacial score (nSPS) is 11.0. The van der Waals surface area contributed by atoms with Crippen molar-refractivity contribution in [1.29, 1.82) is 0 Å². The maximum atomic E-state index is 11.8. The van der Waals surface area contributed by atoms with Crippen molar-refractivity contribution >= 4 is 22.7 Å². The Hall–Kier alpha value is -3.16. The second-order valence-electron chi connectivity index (χ2n) is 5.82. The first-order valence-electron chi connectivity index (χ1n) is 7.71. The number of aromatic nitrogens is 4. The number of aryl methyl sites for hydroxylation is 2. The largest absolute Gasteiger partial charge is 0.487 e. The molecule has 0 atom stereocenters. The second-order valence-corrected chi connectivity index (χ2v) is 5.82. The van der Waals surface area contributed by atoms with Gasteiger partial charge in [-0.05, 0) is 31.2 Å². The third kappa shape index (κ3) is 3.37. The molecule has 0 aliphatic carbocycles. The fourth-order valence-electron chi connectivity index (χ4n) is 2.62. The predicted octanol–water partition coefficient (Wildman–Crippen LogP) is 1.94. The van der Waals surface area contributed by atoms with E-state index in [1.165, 1.54) is 11.6 Å². The summed E-state index contributed by atoms with van der Waals surface area (Å²) in [6.07, 6.45) is 0. The van der Waals surface area contributed by atoms with Crippen molar-refractivity contribution in [3.05, 3.63) is 41.3 Å². The highest BCUT2D eigenvalue weighted by Crippen LogP contribution is 2.25. The molecule has 0 saturated carbocycles. The molecule has 0 bridgehead atoms. The number of Topliss-reactive ketones (excluding diaryl/α,β-unsaturated/α-hetero) is 1. The van der Waals surface area contributed by atoms with Gasteiger partial charge in [-0.25, -0.2) is 0 Å². The van der Waals surface area contributed by atoms with Crippen LogP contribution >= 0.6 is 0 Å². The molecule has 0 spiro atoms. The molecule has 8 nitrogen and oxygen atoms in total. The summed E-state index contributed by atoms with van der Waals surface area (Å²) in [7, 11) is 1.86. The molecule has 0 fully saturated rings. The Labute approximate surface area is 143 Å². The zero-order chi connectivity index (χ0) is 18.1. The van der Waals surface area contributed by atoms with Gasteiger partial charge in [0.25, 0.3) is 0 Å². The lowest BCUT2D eigenvalue weighted by molar-refractivity contribution is -0.137. The van der Waals surface area contributed by atoms with Gasteiger partial charge in [0, 0.05) is 25.1 Å². The molecule has 0 aliphatic heterocycles. The summed E-state index contributed by atoms with van der Waals surface area (Å²) < 4.78 is 8.83. The molecule has 2 aromatic heterocycles. The molecule has 0 aliphatic rings. The summed E-state index contributed by atoms with van der Waals surface area (Å²) in [5.41, 5.74) is 2.64. The van der Waals surface area contributed by atoms with Crippen molar-refractivity contribution in [2.75, 3.05) is 0 Å². The number of carbonyl (C=O) groups excluding carboxylic acids is 1. The van der Waals surface area contributed by atoms with Gasteiger partial charge in [-0.1, -0.05) is 0 Å². The molecule has 1 aromatic carbocycles. The van der Waals surface area contributed by atoms with Gasteiger partial charge in [-0.15, -0.1) is 0 Å². The van der Waals surface area contributed by atoms with Crippen LogP contribution in [0.4, 0.5) is 0 Å². The first kappa shape index (κ1) is 16.7. The Bertz CT molecular complexity index is 951. The molecule has 2 heterocycles. The van der Waals surface area contributed by atoms with Gasteiger partial charge in [0.1, 0.15) is 30.3 Å². The van der Waals surface area contributed by atoms with E-state index in [4.69, 9.17) is 9.84 Å². The summed E-state index contributed by atoms with van der Waals surface area (Å²) in [4.78, 5) is 22.8. The summed E-state index contributed by atoms with van der Waals surface area (Å²) >= 11 is 0. The SMILES string of the molecule is CC(=O)c1nn(CC(=O)O)c2ccc(OCc3cc(C)n(C)n3)cc12. The number of rotatable bonds is 6. The quantitative estimate of drug-likeness (QED) is 0.687.